The predicted molar refractivity (Wildman–Crippen MR) is 193 cm³/mol. The van der Waals surface area contributed by atoms with Crippen LogP contribution in [0.2, 0.25) is 0 Å². The molecule has 0 aliphatic heterocycles. The van der Waals surface area contributed by atoms with Crippen LogP contribution in [-0.4, -0.2) is 63.6 Å². The van der Waals surface area contributed by atoms with E-state index in [0.29, 0.717) is 45.1 Å². The van der Waals surface area contributed by atoms with Crippen LogP contribution >= 0.6 is 0 Å². The number of benzene rings is 3. The monoisotopic (exact) mass is 679 g/mol. The van der Waals surface area contributed by atoms with Crippen LogP contribution < -0.4 is 0 Å². The molecule has 6 aromatic rings. The van der Waals surface area contributed by atoms with Crippen molar-refractivity contribution in [2.24, 2.45) is 0 Å². The summed E-state index contributed by atoms with van der Waals surface area (Å²) in [6, 6.07) is 24.2. The highest BCUT2D eigenvalue weighted by Gasteiger charge is 2.21. The third-order valence-corrected chi connectivity index (χ3v) is 8.44. The van der Waals surface area contributed by atoms with Gasteiger partial charge in [0.15, 0.2) is 12.2 Å². The van der Waals surface area contributed by atoms with Gasteiger partial charge in [-0.3, -0.25) is 0 Å². The summed E-state index contributed by atoms with van der Waals surface area (Å²) in [4.78, 5) is 31.1. The molecule has 0 amide bonds. The summed E-state index contributed by atoms with van der Waals surface area (Å²) < 4.78 is 23.9. The summed E-state index contributed by atoms with van der Waals surface area (Å²) in [5.41, 5.74) is 7.17. The quantitative estimate of drug-likeness (QED) is 0.112. The normalized spacial score (nSPS) is 12.4. The number of carboxylic acids is 1. The van der Waals surface area contributed by atoms with E-state index in [2.05, 4.69) is 15.6 Å². The molecule has 10 nitrogen and oxygen atoms in total. The summed E-state index contributed by atoms with van der Waals surface area (Å²) in [6.45, 7) is 11.3. The van der Waals surface area contributed by atoms with E-state index in [9.17, 15) is 14.7 Å². The molecule has 6 rings (SSSR count). The highest BCUT2D eigenvalue weighted by atomic mass is 16.6. The van der Waals surface area contributed by atoms with Crippen LogP contribution in [0.25, 0.3) is 33.3 Å². The number of esters is 1. The first kappa shape index (κ1) is 36.1. The van der Waals surface area contributed by atoms with E-state index >= 15 is 0 Å². The van der Waals surface area contributed by atoms with Gasteiger partial charge in [-0.25, -0.2) is 14.6 Å². The van der Waals surface area contributed by atoms with E-state index in [1.54, 1.807) is 13.8 Å². The molecule has 0 aliphatic rings. The number of H-pyrrole nitrogens is 1. The maximum atomic E-state index is 11.8. The molecular weight excluding hydrogens is 634 g/mol. The minimum absolute atomic E-state index is 0.293. The number of nitrogens with zero attached hydrogens (tertiary/aromatic N) is 2. The zero-order valence-electron chi connectivity index (χ0n) is 29.3. The fourth-order valence-corrected chi connectivity index (χ4v) is 5.90. The number of fused-ring (bicyclic) bond motifs is 2. The van der Waals surface area contributed by atoms with Crippen molar-refractivity contribution in [2.45, 2.75) is 66.2 Å². The Morgan fingerprint density at radius 3 is 2.28 bits per heavy atom. The second-order valence-electron chi connectivity index (χ2n) is 12.0. The van der Waals surface area contributed by atoms with Crippen LogP contribution in [-0.2, 0) is 43.2 Å². The fourth-order valence-electron chi connectivity index (χ4n) is 5.90. The molecule has 0 saturated heterocycles. The Morgan fingerprint density at radius 1 is 0.860 bits per heavy atom. The third-order valence-electron chi connectivity index (χ3n) is 8.44. The Bertz CT molecular complexity index is 2040. The van der Waals surface area contributed by atoms with Gasteiger partial charge in [0.05, 0.1) is 13.2 Å². The molecule has 262 valence electrons. The zero-order chi connectivity index (χ0) is 35.6. The standard InChI is InChI=1S/C25H26N2O4.C15H19NO3/c1-4-30-23(25(28)29)14-18-9-10-22-19(13-18)11-12-27(22)15-21-17(3)31-24(26-21)20-8-6-5-7-16(20)2;1-3-18-14(15(17)19-4-2)10-11-5-6-13-12(9-11)7-8-16-13/h5-13,23H,4,14-15H2,1-3H3,(H,28,29);5-9,14,16H,3-4,10H2,1-2H3. The number of hydrogen-bond donors (Lipinski definition) is 2. The number of carbonyl (C=O) groups excluding carboxylic acids is 1. The highest BCUT2D eigenvalue weighted by molar-refractivity contribution is 5.82. The second kappa shape index (κ2) is 17.0. The van der Waals surface area contributed by atoms with Gasteiger partial charge in [-0.15, -0.1) is 0 Å². The zero-order valence-corrected chi connectivity index (χ0v) is 29.3. The number of aryl methyl sites for hydroxylation is 2. The summed E-state index contributed by atoms with van der Waals surface area (Å²) in [5, 5.41) is 11.5. The molecule has 3 heterocycles. The Balaban J connectivity index is 0.000000219. The Morgan fingerprint density at radius 2 is 1.56 bits per heavy atom. The number of ether oxygens (including phenoxy) is 3. The Kier molecular flexibility index (Phi) is 12.2. The van der Waals surface area contributed by atoms with E-state index in [-0.39, 0.29) is 5.97 Å². The minimum atomic E-state index is -0.939. The van der Waals surface area contributed by atoms with Gasteiger partial charge in [0.1, 0.15) is 11.5 Å². The maximum Gasteiger partial charge on any atom is 0.335 e. The van der Waals surface area contributed by atoms with E-state index in [0.717, 1.165) is 55.5 Å². The fraction of sp³-hybridized carbons (Fsp3) is 0.325. The number of hydrogen-bond acceptors (Lipinski definition) is 7. The van der Waals surface area contributed by atoms with Gasteiger partial charge in [-0.1, -0.05) is 30.3 Å². The number of oxazole rings is 1. The predicted octanol–water partition coefficient (Wildman–Crippen LogP) is 7.67. The molecule has 2 N–H and O–H groups in total. The summed E-state index contributed by atoms with van der Waals surface area (Å²) >= 11 is 0. The molecule has 10 heteroatoms. The van der Waals surface area contributed by atoms with Crippen molar-refractivity contribution in [2.75, 3.05) is 19.8 Å². The molecule has 3 aromatic carbocycles. The van der Waals surface area contributed by atoms with Crippen LogP contribution in [0.4, 0.5) is 0 Å². The van der Waals surface area contributed by atoms with Crippen molar-refractivity contribution in [3.05, 3.63) is 113 Å². The number of carbonyl (C=O) groups is 2. The van der Waals surface area contributed by atoms with Gasteiger partial charge in [0, 0.05) is 55.0 Å². The molecule has 0 spiro atoms. The number of carboxylic acid groups (broad SMARTS) is 1. The summed E-state index contributed by atoms with van der Waals surface area (Å²) in [7, 11) is 0. The summed E-state index contributed by atoms with van der Waals surface area (Å²) in [5.74, 6) is 0.210. The van der Waals surface area contributed by atoms with E-state index < -0.39 is 18.2 Å². The van der Waals surface area contributed by atoms with E-state index in [1.807, 2.05) is 99.9 Å². The van der Waals surface area contributed by atoms with Crippen LogP contribution in [0.1, 0.15) is 48.9 Å². The van der Waals surface area contributed by atoms with Crippen molar-refractivity contribution in [1.29, 1.82) is 0 Å². The third kappa shape index (κ3) is 8.88. The Labute approximate surface area is 292 Å². The molecule has 0 bridgehead atoms. The van der Waals surface area contributed by atoms with Gasteiger partial charge in [-0.2, -0.15) is 0 Å². The van der Waals surface area contributed by atoms with Crippen LogP contribution in [0, 0.1) is 13.8 Å². The lowest BCUT2D eigenvalue weighted by atomic mass is 10.1. The largest absolute Gasteiger partial charge is 0.479 e. The van der Waals surface area contributed by atoms with Gasteiger partial charge >= 0.3 is 11.9 Å². The molecule has 3 aromatic heterocycles. The number of rotatable bonds is 14. The number of aromatic nitrogens is 3. The maximum absolute atomic E-state index is 11.8. The first-order valence-electron chi connectivity index (χ1n) is 17.0. The van der Waals surface area contributed by atoms with Crippen molar-refractivity contribution in [1.82, 2.24) is 14.5 Å². The molecule has 0 aliphatic carbocycles. The van der Waals surface area contributed by atoms with E-state index in [1.165, 1.54) is 0 Å². The number of aromatic amines is 1. The van der Waals surface area contributed by atoms with Crippen molar-refractivity contribution >= 4 is 33.7 Å². The van der Waals surface area contributed by atoms with Gasteiger partial charge in [0.25, 0.3) is 0 Å². The minimum Gasteiger partial charge on any atom is -0.479 e. The SMILES string of the molecule is CCOC(=O)C(Cc1ccc2[nH]ccc2c1)OCC.CCOC(Cc1ccc2c(ccn2Cc2nc(-c3ccccc3C)oc2C)c1)C(=O)O. The number of aliphatic carboxylic acids is 1. The average molecular weight is 680 g/mol. The molecule has 0 saturated carbocycles. The average Bonchev–Trinajstić information content (AvgIpc) is 3.83. The first-order valence-corrected chi connectivity index (χ1v) is 17.0. The second-order valence-corrected chi connectivity index (χ2v) is 12.0. The summed E-state index contributed by atoms with van der Waals surface area (Å²) in [6.07, 6.45) is 3.44. The molecule has 0 radical (unpaired) electrons. The lowest BCUT2D eigenvalue weighted by Crippen LogP contribution is -2.28. The van der Waals surface area contributed by atoms with Crippen LogP contribution in [0.3, 0.4) is 0 Å². The molecule has 2 atom stereocenters. The van der Waals surface area contributed by atoms with Crippen LogP contribution in [0.5, 0.6) is 0 Å². The molecule has 2 unspecified atom stereocenters. The lowest BCUT2D eigenvalue weighted by molar-refractivity contribution is -0.156. The smallest absolute Gasteiger partial charge is 0.335 e. The van der Waals surface area contributed by atoms with Crippen molar-refractivity contribution in [3.8, 4) is 11.5 Å². The molecule has 50 heavy (non-hydrogen) atoms. The lowest BCUT2D eigenvalue weighted by Gasteiger charge is -2.15. The van der Waals surface area contributed by atoms with Crippen molar-refractivity contribution < 1.29 is 33.3 Å². The first-order chi connectivity index (χ1) is 24.2. The van der Waals surface area contributed by atoms with Gasteiger partial charge in [-0.05, 0) is 105 Å². The van der Waals surface area contributed by atoms with Gasteiger partial charge < -0.3 is 33.3 Å². The topological polar surface area (TPSA) is 129 Å². The van der Waals surface area contributed by atoms with Crippen LogP contribution in [0.15, 0.2) is 89.6 Å². The molecule has 0 fully saturated rings. The Hall–Kier alpha value is -5.19. The van der Waals surface area contributed by atoms with Gasteiger partial charge in [0.2, 0.25) is 5.89 Å². The number of nitrogens with one attached hydrogen (secondary N) is 1. The molecular formula is C40H45N3O7. The van der Waals surface area contributed by atoms with E-state index in [4.69, 9.17) is 23.6 Å². The van der Waals surface area contributed by atoms with Crippen molar-refractivity contribution in [3.63, 3.8) is 0 Å². The highest BCUT2D eigenvalue weighted by Crippen LogP contribution is 2.27.